The second-order valence-electron chi connectivity index (χ2n) is 9.07. The maximum Gasteiger partial charge on any atom is 0.293 e. The van der Waals surface area contributed by atoms with E-state index in [1.165, 1.54) is 0 Å². The van der Waals surface area contributed by atoms with E-state index in [1.54, 1.807) is 17.6 Å². The number of hydrogen-bond donors (Lipinski definition) is 0. The van der Waals surface area contributed by atoms with Crippen LogP contribution in [0.4, 0.5) is 0 Å². The van der Waals surface area contributed by atoms with Crippen LogP contribution in [-0.4, -0.2) is 22.8 Å². The van der Waals surface area contributed by atoms with E-state index in [2.05, 4.69) is 19.0 Å². The number of benzene rings is 1. The molecule has 0 fully saturated rings. The molecule has 0 saturated carbocycles. The van der Waals surface area contributed by atoms with E-state index in [9.17, 15) is 14.5 Å². The first-order valence-corrected chi connectivity index (χ1v) is 11.9. The monoisotopic (exact) mass is 477 g/mol. The van der Waals surface area contributed by atoms with Crippen LogP contribution in [0.1, 0.15) is 61.9 Å². The van der Waals surface area contributed by atoms with Crippen molar-refractivity contribution in [2.45, 2.75) is 59.2 Å². The van der Waals surface area contributed by atoms with Crippen LogP contribution in [0, 0.1) is 10.8 Å². The van der Waals surface area contributed by atoms with Crippen molar-refractivity contribution in [3.63, 3.8) is 0 Å². The molecule has 0 bridgehead atoms. The van der Waals surface area contributed by atoms with E-state index < -0.39 is 6.04 Å². The van der Waals surface area contributed by atoms with Crippen molar-refractivity contribution < 1.29 is 19.0 Å². The molecule has 5 rings (SSSR count). The number of nitroso groups, excluding NO2 is 1. The third-order valence-corrected chi connectivity index (χ3v) is 7.24. The highest BCUT2D eigenvalue weighted by molar-refractivity contribution is 5.90. The molecule has 182 valence electrons. The molecule has 9 heteroatoms. The Morgan fingerprint density at radius 2 is 1.91 bits per heavy atom. The van der Waals surface area contributed by atoms with E-state index in [-0.39, 0.29) is 24.5 Å². The molecule has 1 unspecified atom stereocenters. The highest BCUT2D eigenvalue weighted by atomic mass is 16.7. The maximum atomic E-state index is 13.5. The first kappa shape index (κ1) is 23.0. The van der Waals surface area contributed by atoms with Gasteiger partial charge in [0, 0.05) is 17.0 Å². The zero-order valence-corrected chi connectivity index (χ0v) is 20.0. The number of ether oxygens (including phenoxy) is 3. The Bertz CT molecular complexity index is 1390. The van der Waals surface area contributed by atoms with Crippen molar-refractivity contribution in [1.82, 2.24) is 9.55 Å². The molecule has 0 radical (unpaired) electrons. The summed E-state index contributed by atoms with van der Waals surface area (Å²) in [6, 6.07) is 4.89. The Morgan fingerprint density at radius 3 is 2.60 bits per heavy atom. The topological polar surface area (TPSA) is 109 Å². The van der Waals surface area contributed by atoms with Crippen molar-refractivity contribution in [3.8, 4) is 22.9 Å². The van der Waals surface area contributed by atoms with Crippen LogP contribution in [-0.2, 0) is 29.1 Å². The molecular weight excluding hydrogens is 450 g/mol. The SMILES string of the molecule is CCC(CC)Cc1c2c(nc3cc4c(cc13)OCO4)-c1cc(C(C)N=O)c(COC=O)c(=O)n1C2. The molecule has 0 spiro atoms. The first-order chi connectivity index (χ1) is 17.0. The van der Waals surface area contributed by atoms with Gasteiger partial charge in [-0.25, -0.2) is 4.98 Å². The van der Waals surface area contributed by atoms with E-state index in [1.807, 2.05) is 12.1 Å². The molecule has 35 heavy (non-hydrogen) atoms. The number of aromatic nitrogens is 2. The summed E-state index contributed by atoms with van der Waals surface area (Å²) in [5.41, 5.74) is 4.66. The largest absolute Gasteiger partial charge is 0.463 e. The van der Waals surface area contributed by atoms with Gasteiger partial charge in [0.1, 0.15) is 12.6 Å². The third kappa shape index (κ3) is 3.75. The van der Waals surface area contributed by atoms with E-state index in [4.69, 9.17) is 19.2 Å². The van der Waals surface area contributed by atoms with Gasteiger partial charge in [-0.15, -0.1) is 0 Å². The fourth-order valence-corrected chi connectivity index (χ4v) is 5.15. The van der Waals surface area contributed by atoms with Crippen molar-refractivity contribution >= 4 is 17.4 Å². The van der Waals surface area contributed by atoms with Gasteiger partial charge in [0.25, 0.3) is 12.0 Å². The molecule has 0 amide bonds. The van der Waals surface area contributed by atoms with Crippen LogP contribution in [0.5, 0.6) is 11.5 Å². The van der Waals surface area contributed by atoms with Gasteiger partial charge in [-0.3, -0.25) is 9.59 Å². The van der Waals surface area contributed by atoms with Crippen LogP contribution in [0.3, 0.4) is 0 Å². The second kappa shape index (κ2) is 9.13. The van der Waals surface area contributed by atoms with Crippen molar-refractivity contribution in [3.05, 3.63) is 55.7 Å². The van der Waals surface area contributed by atoms with E-state index in [0.29, 0.717) is 41.7 Å². The lowest BCUT2D eigenvalue weighted by atomic mass is 9.89. The Labute approximate surface area is 202 Å². The van der Waals surface area contributed by atoms with Crippen LogP contribution < -0.4 is 15.0 Å². The standard InChI is InChI=1S/C26H27N3O6/c1-4-15(5-2)6-17-18-8-23-24(35-13-34-23)9-21(18)27-25-19(17)10-29-22(25)7-16(14(3)28-32)20(26(29)31)11-33-12-30/h7-9,12,14-15H,4-6,10-11,13H2,1-3H3. The summed E-state index contributed by atoms with van der Waals surface area (Å²) in [6.45, 7) is 6.60. The molecule has 0 N–H and O–H groups in total. The average molecular weight is 478 g/mol. The zero-order valence-electron chi connectivity index (χ0n) is 20.0. The number of carbonyl (C=O) groups excluding carboxylic acids is 1. The Hall–Kier alpha value is -3.75. The van der Waals surface area contributed by atoms with Crippen LogP contribution in [0.25, 0.3) is 22.3 Å². The van der Waals surface area contributed by atoms with Gasteiger partial charge in [0.05, 0.1) is 29.0 Å². The summed E-state index contributed by atoms with van der Waals surface area (Å²) in [5, 5.41) is 4.12. The first-order valence-electron chi connectivity index (χ1n) is 11.9. The molecule has 3 aromatic rings. The number of rotatable bonds is 9. The molecule has 1 aromatic carbocycles. The Morgan fingerprint density at radius 1 is 1.17 bits per heavy atom. The summed E-state index contributed by atoms with van der Waals surface area (Å²) in [7, 11) is 0. The van der Waals surface area contributed by atoms with Gasteiger partial charge >= 0.3 is 0 Å². The van der Waals surface area contributed by atoms with Crippen molar-refractivity contribution in [1.29, 1.82) is 0 Å². The molecule has 0 saturated heterocycles. The fraction of sp³-hybridized carbons (Fsp3) is 0.423. The fourth-order valence-electron chi connectivity index (χ4n) is 5.15. The predicted molar refractivity (Wildman–Crippen MR) is 130 cm³/mol. The van der Waals surface area contributed by atoms with Gasteiger partial charge in [0.15, 0.2) is 11.5 Å². The van der Waals surface area contributed by atoms with Crippen molar-refractivity contribution in [2.24, 2.45) is 11.1 Å². The smallest absolute Gasteiger partial charge is 0.293 e. The van der Waals surface area contributed by atoms with E-state index >= 15 is 0 Å². The lowest BCUT2D eigenvalue weighted by Crippen LogP contribution is -2.26. The minimum Gasteiger partial charge on any atom is -0.463 e. The molecule has 2 aromatic heterocycles. The van der Waals surface area contributed by atoms with Gasteiger partial charge in [0.2, 0.25) is 6.79 Å². The summed E-state index contributed by atoms with van der Waals surface area (Å²) in [4.78, 5) is 40.7. The molecule has 2 aliphatic rings. The van der Waals surface area contributed by atoms with Gasteiger partial charge < -0.3 is 18.8 Å². The number of nitrogens with zero attached hydrogens (tertiary/aromatic N) is 3. The Balaban J connectivity index is 1.77. The van der Waals surface area contributed by atoms with Crippen LogP contribution in [0.15, 0.2) is 28.2 Å². The average Bonchev–Trinajstić information content (AvgIpc) is 3.48. The second-order valence-corrected chi connectivity index (χ2v) is 9.07. The maximum absolute atomic E-state index is 13.5. The molecule has 9 nitrogen and oxygen atoms in total. The number of pyridine rings is 2. The quantitative estimate of drug-likeness (QED) is 0.255. The molecular formula is C26H27N3O6. The normalized spacial score (nSPS) is 14.2. The lowest BCUT2D eigenvalue weighted by Gasteiger charge is -2.17. The molecule has 4 heterocycles. The highest BCUT2D eigenvalue weighted by Gasteiger charge is 2.31. The molecule has 2 aliphatic heterocycles. The lowest BCUT2D eigenvalue weighted by molar-refractivity contribution is -0.129. The van der Waals surface area contributed by atoms with Crippen LogP contribution >= 0.6 is 0 Å². The highest BCUT2D eigenvalue weighted by Crippen LogP contribution is 2.42. The van der Waals surface area contributed by atoms with Gasteiger partial charge in [-0.2, -0.15) is 4.91 Å². The number of fused-ring (bicyclic) bond motifs is 5. The van der Waals surface area contributed by atoms with Crippen molar-refractivity contribution in [2.75, 3.05) is 6.79 Å². The van der Waals surface area contributed by atoms with Gasteiger partial charge in [-0.1, -0.05) is 31.9 Å². The van der Waals surface area contributed by atoms with Crippen LogP contribution in [0.2, 0.25) is 0 Å². The number of carbonyl (C=O) groups is 1. The summed E-state index contributed by atoms with van der Waals surface area (Å²) in [6.07, 6.45) is 2.91. The van der Waals surface area contributed by atoms with E-state index in [0.717, 1.165) is 47.0 Å². The summed E-state index contributed by atoms with van der Waals surface area (Å²) >= 11 is 0. The minimum absolute atomic E-state index is 0.178. The number of hydrogen-bond acceptors (Lipinski definition) is 8. The predicted octanol–water partition coefficient (Wildman–Crippen LogP) is 4.63. The Kier molecular flexibility index (Phi) is 6.00. The molecule has 1 atom stereocenters. The zero-order chi connectivity index (χ0) is 24.7. The minimum atomic E-state index is -0.777. The molecule has 0 aliphatic carbocycles. The third-order valence-electron chi connectivity index (χ3n) is 7.24. The van der Waals surface area contributed by atoms with Gasteiger partial charge in [-0.05, 0) is 42.5 Å². The summed E-state index contributed by atoms with van der Waals surface area (Å²) < 4.78 is 17.8. The summed E-state index contributed by atoms with van der Waals surface area (Å²) in [5.74, 6) is 1.82.